The van der Waals surface area contributed by atoms with Crippen molar-refractivity contribution in [2.75, 3.05) is 0 Å². The van der Waals surface area contributed by atoms with Crippen LogP contribution in [-0.4, -0.2) is 22.7 Å². The van der Waals surface area contributed by atoms with Gasteiger partial charge in [0.15, 0.2) is 0 Å². The van der Waals surface area contributed by atoms with Gasteiger partial charge >= 0.3 is 5.97 Å². The zero-order valence-corrected chi connectivity index (χ0v) is 9.51. The van der Waals surface area contributed by atoms with Crippen molar-refractivity contribution in [1.82, 2.24) is 5.43 Å². The fourth-order valence-corrected chi connectivity index (χ4v) is 1.22. The first-order valence-electron chi connectivity index (χ1n) is 5.30. The lowest BCUT2D eigenvalue weighted by Crippen LogP contribution is -2.23. The number of carbonyl (C=O) groups excluding carboxylic acids is 1. The van der Waals surface area contributed by atoms with Crippen molar-refractivity contribution in [3.05, 3.63) is 35.9 Å². The van der Waals surface area contributed by atoms with Crippen molar-refractivity contribution in [3.63, 3.8) is 0 Å². The van der Waals surface area contributed by atoms with Gasteiger partial charge in [-0.3, -0.25) is 4.79 Å². The Balaban J connectivity index is 2.69. The summed E-state index contributed by atoms with van der Waals surface area (Å²) in [5, 5.41) is 12.4. The van der Waals surface area contributed by atoms with Crippen LogP contribution in [0.25, 0.3) is 0 Å². The van der Waals surface area contributed by atoms with E-state index in [-0.39, 0.29) is 5.71 Å². The number of benzene rings is 1. The van der Waals surface area contributed by atoms with Crippen LogP contribution in [0.2, 0.25) is 0 Å². The molecule has 0 heterocycles. The van der Waals surface area contributed by atoms with Gasteiger partial charge in [0.25, 0.3) is 5.91 Å². The Morgan fingerprint density at radius 3 is 2.47 bits per heavy atom. The van der Waals surface area contributed by atoms with Crippen LogP contribution in [0.1, 0.15) is 30.1 Å². The van der Waals surface area contributed by atoms with Crippen molar-refractivity contribution in [2.24, 2.45) is 5.10 Å². The molecule has 0 aromatic heterocycles. The third-order valence-electron chi connectivity index (χ3n) is 2.06. The summed E-state index contributed by atoms with van der Waals surface area (Å²) in [7, 11) is 0. The molecule has 1 rings (SSSR count). The molecule has 90 valence electrons. The highest BCUT2D eigenvalue weighted by Gasteiger charge is 2.09. The Hall–Kier alpha value is -2.17. The summed E-state index contributed by atoms with van der Waals surface area (Å²) in [5.74, 6) is -1.53. The van der Waals surface area contributed by atoms with E-state index in [0.717, 1.165) is 0 Å². The van der Waals surface area contributed by atoms with Crippen molar-refractivity contribution in [3.8, 4) is 0 Å². The maximum Gasteiger partial charge on any atom is 0.352 e. The van der Waals surface area contributed by atoms with Gasteiger partial charge < -0.3 is 5.11 Å². The summed E-state index contributed by atoms with van der Waals surface area (Å²) < 4.78 is 0. The summed E-state index contributed by atoms with van der Waals surface area (Å²) in [6.45, 7) is 1.84. The van der Waals surface area contributed by atoms with Gasteiger partial charge in [0, 0.05) is 5.56 Å². The van der Waals surface area contributed by atoms with Crippen LogP contribution in [0.3, 0.4) is 0 Å². The fourth-order valence-electron chi connectivity index (χ4n) is 1.22. The maximum absolute atomic E-state index is 11.6. The zero-order chi connectivity index (χ0) is 12.7. The molecule has 0 aliphatic heterocycles. The van der Waals surface area contributed by atoms with Crippen LogP contribution in [0.15, 0.2) is 35.4 Å². The Morgan fingerprint density at radius 1 is 1.29 bits per heavy atom. The molecule has 0 aliphatic rings. The standard InChI is InChI=1S/C12H14N2O3/c1-2-6-10(12(16)17)13-14-11(15)9-7-4-3-5-8-9/h3-5,7-8H,2,6H2,1H3,(H,14,15)(H,16,17). The average molecular weight is 234 g/mol. The summed E-state index contributed by atoms with van der Waals surface area (Å²) in [6, 6.07) is 8.50. The molecule has 0 saturated carbocycles. The Morgan fingerprint density at radius 2 is 1.94 bits per heavy atom. The number of nitrogens with one attached hydrogen (secondary N) is 1. The molecule has 1 aromatic carbocycles. The molecule has 5 heteroatoms. The lowest BCUT2D eigenvalue weighted by atomic mass is 10.2. The number of amides is 1. The first kappa shape index (κ1) is 12.9. The second kappa shape index (κ2) is 6.42. The largest absolute Gasteiger partial charge is 0.477 e. The van der Waals surface area contributed by atoms with E-state index >= 15 is 0 Å². The third kappa shape index (κ3) is 4.06. The molecule has 0 bridgehead atoms. The van der Waals surface area contributed by atoms with E-state index in [1.807, 2.05) is 6.92 Å². The van der Waals surface area contributed by atoms with Crippen molar-refractivity contribution < 1.29 is 14.7 Å². The normalized spacial score (nSPS) is 11.0. The molecule has 0 radical (unpaired) electrons. The highest BCUT2D eigenvalue weighted by Crippen LogP contribution is 1.98. The minimum Gasteiger partial charge on any atom is -0.477 e. The van der Waals surface area contributed by atoms with Crippen LogP contribution in [0, 0.1) is 0 Å². The third-order valence-corrected chi connectivity index (χ3v) is 2.06. The number of rotatable bonds is 5. The number of aliphatic carboxylic acids is 1. The number of nitrogens with zero attached hydrogens (tertiary/aromatic N) is 1. The lowest BCUT2D eigenvalue weighted by molar-refractivity contribution is -0.129. The zero-order valence-electron chi connectivity index (χ0n) is 9.51. The van der Waals surface area contributed by atoms with Gasteiger partial charge in [0.2, 0.25) is 0 Å². The molecule has 1 aromatic rings. The van der Waals surface area contributed by atoms with E-state index < -0.39 is 11.9 Å². The number of carbonyl (C=O) groups is 2. The van der Waals surface area contributed by atoms with Gasteiger partial charge in [-0.2, -0.15) is 5.10 Å². The molecule has 1 amide bonds. The van der Waals surface area contributed by atoms with Gasteiger partial charge in [0.1, 0.15) is 5.71 Å². The highest BCUT2D eigenvalue weighted by molar-refractivity contribution is 6.35. The Kier molecular flexibility index (Phi) is 4.87. The maximum atomic E-state index is 11.6. The summed E-state index contributed by atoms with van der Waals surface area (Å²) >= 11 is 0. The predicted molar refractivity (Wildman–Crippen MR) is 63.9 cm³/mol. The summed E-state index contributed by atoms with van der Waals surface area (Å²) in [6.07, 6.45) is 0.983. The van der Waals surface area contributed by atoms with Crippen molar-refractivity contribution >= 4 is 17.6 Å². The number of hydrogen-bond acceptors (Lipinski definition) is 3. The number of hydrogen-bond donors (Lipinski definition) is 2. The second-order valence-electron chi connectivity index (χ2n) is 3.42. The van der Waals surface area contributed by atoms with Gasteiger partial charge in [0.05, 0.1) is 0 Å². The molecular formula is C12H14N2O3. The van der Waals surface area contributed by atoms with E-state index in [2.05, 4.69) is 10.5 Å². The first-order valence-corrected chi connectivity index (χ1v) is 5.30. The number of carboxylic acid groups (broad SMARTS) is 1. The van der Waals surface area contributed by atoms with E-state index in [1.54, 1.807) is 30.3 Å². The minimum absolute atomic E-state index is 0.0446. The molecule has 5 nitrogen and oxygen atoms in total. The Labute approximate surface area is 99.2 Å². The van der Waals surface area contributed by atoms with Crippen molar-refractivity contribution in [2.45, 2.75) is 19.8 Å². The van der Waals surface area contributed by atoms with E-state index in [1.165, 1.54) is 0 Å². The molecule has 17 heavy (non-hydrogen) atoms. The highest BCUT2D eigenvalue weighted by atomic mass is 16.4. The van der Waals surface area contributed by atoms with Crippen molar-refractivity contribution in [1.29, 1.82) is 0 Å². The Bertz CT molecular complexity index is 427. The molecule has 0 spiro atoms. The minimum atomic E-state index is -1.11. The van der Waals surface area contributed by atoms with Gasteiger partial charge in [-0.25, -0.2) is 10.2 Å². The van der Waals surface area contributed by atoms with Gasteiger partial charge in [-0.15, -0.1) is 0 Å². The lowest BCUT2D eigenvalue weighted by Gasteiger charge is -2.01. The number of hydrazone groups is 1. The molecule has 2 N–H and O–H groups in total. The molecule has 0 atom stereocenters. The van der Waals surface area contributed by atoms with Crippen LogP contribution in [0.4, 0.5) is 0 Å². The molecule has 0 fully saturated rings. The van der Waals surface area contributed by atoms with E-state index in [9.17, 15) is 9.59 Å². The van der Waals surface area contributed by atoms with Crippen LogP contribution >= 0.6 is 0 Å². The number of carboxylic acids is 1. The van der Waals surface area contributed by atoms with Gasteiger partial charge in [-0.05, 0) is 18.6 Å². The molecule has 0 saturated heterocycles. The predicted octanol–water partition coefficient (Wildman–Crippen LogP) is 1.66. The second-order valence-corrected chi connectivity index (χ2v) is 3.42. The van der Waals surface area contributed by atoms with Crippen LogP contribution in [-0.2, 0) is 4.79 Å². The SMILES string of the molecule is CCCC(=NNC(=O)c1ccccc1)C(=O)O. The fraction of sp³-hybridized carbons (Fsp3) is 0.250. The van der Waals surface area contributed by atoms with E-state index in [0.29, 0.717) is 18.4 Å². The summed E-state index contributed by atoms with van der Waals surface area (Å²) in [4.78, 5) is 22.3. The smallest absolute Gasteiger partial charge is 0.352 e. The van der Waals surface area contributed by atoms with E-state index in [4.69, 9.17) is 5.11 Å². The van der Waals surface area contributed by atoms with Crippen LogP contribution in [0.5, 0.6) is 0 Å². The quantitative estimate of drug-likeness (QED) is 0.600. The molecular weight excluding hydrogens is 220 g/mol. The topological polar surface area (TPSA) is 78.8 Å². The summed E-state index contributed by atoms with van der Waals surface area (Å²) in [5.41, 5.74) is 2.63. The average Bonchev–Trinajstić information content (AvgIpc) is 2.34. The molecule has 0 unspecified atom stereocenters. The first-order chi connectivity index (χ1) is 8.15. The van der Waals surface area contributed by atoms with Gasteiger partial charge in [-0.1, -0.05) is 31.5 Å². The van der Waals surface area contributed by atoms with Crippen LogP contribution < -0.4 is 5.43 Å². The molecule has 0 aliphatic carbocycles. The monoisotopic (exact) mass is 234 g/mol.